The van der Waals surface area contributed by atoms with Gasteiger partial charge in [-0.2, -0.15) is 0 Å². The van der Waals surface area contributed by atoms with Crippen molar-refractivity contribution in [3.8, 4) is 0 Å². The maximum absolute atomic E-state index is 12.1. The van der Waals surface area contributed by atoms with E-state index in [1.54, 1.807) is 6.92 Å². The fourth-order valence-electron chi connectivity index (χ4n) is 1.65. The molecule has 0 radical (unpaired) electrons. The van der Waals surface area contributed by atoms with Crippen molar-refractivity contribution in [3.63, 3.8) is 0 Å². The molecule has 0 saturated heterocycles. The second kappa shape index (κ2) is 11.1. The molecule has 0 N–H and O–H groups in total. The van der Waals surface area contributed by atoms with Crippen molar-refractivity contribution < 1.29 is 33.3 Å². The highest BCUT2D eigenvalue weighted by Gasteiger charge is 2.38. The van der Waals surface area contributed by atoms with Crippen LogP contribution in [0.25, 0.3) is 0 Å². The number of ether oxygens (including phenoxy) is 4. The summed E-state index contributed by atoms with van der Waals surface area (Å²) < 4.78 is 19.5. The molecule has 0 aromatic rings. The molecule has 0 heterocycles. The first-order valence-electron chi connectivity index (χ1n) is 6.94. The summed E-state index contributed by atoms with van der Waals surface area (Å²) in [6.07, 6.45) is 0.0734. The molecular weight excluding hydrogens is 280 g/mol. The zero-order chi connectivity index (χ0) is 16.3. The number of unbranched alkanes of at least 4 members (excludes halogenated alkanes) is 1. The van der Waals surface area contributed by atoms with E-state index >= 15 is 0 Å². The molecule has 0 aromatic carbocycles. The largest absolute Gasteiger partial charge is 0.469 e. The lowest BCUT2D eigenvalue weighted by Gasteiger charge is -2.22. The van der Waals surface area contributed by atoms with E-state index in [2.05, 4.69) is 9.47 Å². The van der Waals surface area contributed by atoms with Crippen LogP contribution in [0.5, 0.6) is 0 Å². The second-order valence-corrected chi connectivity index (χ2v) is 4.31. The van der Waals surface area contributed by atoms with Crippen molar-refractivity contribution in [2.75, 3.05) is 27.4 Å². The van der Waals surface area contributed by atoms with Crippen LogP contribution in [0.3, 0.4) is 0 Å². The molecule has 2 atom stereocenters. The van der Waals surface area contributed by atoms with Gasteiger partial charge in [0.1, 0.15) is 5.92 Å². The molecule has 0 amide bonds. The Labute approximate surface area is 124 Å². The quantitative estimate of drug-likeness (QED) is 0.339. The first-order chi connectivity index (χ1) is 10.0. The molecule has 0 fully saturated rings. The van der Waals surface area contributed by atoms with E-state index in [0.717, 1.165) is 6.42 Å². The Hall–Kier alpha value is -1.63. The molecule has 0 aliphatic rings. The number of methoxy groups -OCH3 is 2. The summed E-state index contributed by atoms with van der Waals surface area (Å²) in [5, 5.41) is 0. The molecule has 0 aromatic heterocycles. The summed E-state index contributed by atoms with van der Waals surface area (Å²) in [7, 11) is 2.39. The van der Waals surface area contributed by atoms with E-state index in [1.807, 2.05) is 6.92 Å². The summed E-state index contributed by atoms with van der Waals surface area (Å²) in [6, 6.07) is 0. The summed E-state index contributed by atoms with van der Waals surface area (Å²) in [4.78, 5) is 35.3. The molecule has 0 aliphatic heterocycles. The van der Waals surface area contributed by atoms with Gasteiger partial charge in [-0.15, -0.1) is 0 Å². The number of esters is 3. The Balaban J connectivity index is 5.01. The van der Waals surface area contributed by atoms with E-state index in [0.29, 0.717) is 6.42 Å². The van der Waals surface area contributed by atoms with Gasteiger partial charge in [-0.3, -0.25) is 9.59 Å². The zero-order valence-electron chi connectivity index (χ0n) is 13.0. The predicted octanol–water partition coefficient (Wildman–Crippen LogP) is 1.09. The van der Waals surface area contributed by atoms with Crippen LogP contribution in [0.1, 0.15) is 33.1 Å². The van der Waals surface area contributed by atoms with Crippen LogP contribution in [0, 0.1) is 5.92 Å². The van der Waals surface area contributed by atoms with Gasteiger partial charge in [-0.25, -0.2) is 4.79 Å². The van der Waals surface area contributed by atoms with Gasteiger partial charge in [0.25, 0.3) is 0 Å². The van der Waals surface area contributed by atoms with Gasteiger partial charge in [0.05, 0.1) is 27.2 Å². The minimum absolute atomic E-state index is 0.194. The van der Waals surface area contributed by atoms with Gasteiger partial charge in [0.2, 0.25) is 0 Å². The van der Waals surface area contributed by atoms with Gasteiger partial charge in [0, 0.05) is 6.61 Å². The smallest absolute Gasteiger partial charge is 0.335 e. The van der Waals surface area contributed by atoms with Gasteiger partial charge < -0.3 is 18.9 Å². The maximum Gasteiger partial charge on any atom is 0.335 e. The highest BCUT2D eigenvalue weighted by atomic mass is 16.6. The van der Waals surface area contributed by atoms with E-state index in [-0.39, 0.29) is 19.6 Å². The van der Waals surface area contributed by atoms with Gasteiger partial charge in [-0.05, 0) is 13.3 Å². The van der Waals surface area contributed by atoms with Crippen LogP contribution >= 0.6 is 0 Å². The van der Waals surface area contributed by atoms with Crippen molar-refractivity contribution in [3.05, 3.63) is 0 Å². The number of hydrogen-bond acceptors (Lipinski definition) is 7. The molecule has 0 saturated carbocycles. The van der Waals surface area contributed by atoms with E-state index in [4.69, 9.17) is 9.47 Å². The van der Waals surface area contributed by atoms with Crippen molar-refractivity contribution >= 4 is 17.9 Å². The lowest BCUT2D eigenvalue weighted by molar-refractivity contribution is -0.171. The highest BCUT2D eigenvalue weighted by molar-refractivity contribution is 5.87. The average Bonchev–Trinajstić information content (AvgIpc) is 2.49. The van der Waals surface area contributed by atoms with Crippen molar-refractivity contribution in [2.24, 2.45) is 5.92 Å². The average molecular weight is 304 g/mol. The summed E-state index contributed by atoms with van der Waals surface area (Å²) >= 11 is 0. The van der Waals surface area contributed by atoms with Crippen LogP contribution in [-0.2, 0) is 33.3 Å². The minimum atomic E-state index is -1.19. The van der Waals surface area contributed by atoms with Crippen molar-refractivity contribution in [1.82, 2.24) is 0 Å². The molecule has 0 rings (SSSR count). The molecule has 21 heavy (non-hydrogen) atoms. The second-order valence-electron chi connectivity index (χ2n) is 4.31. The lowest BCUT2D eigenvalue weighted by atomic mass is 9.98. The number of carbonyl (C=O) groups is 3. The fraction of sp³-hybridized carbons (Fsp3) is 0.786. The minimum Gasteiger partial charge on any atom is -0.469 e. The van der Waals surface area contributed by atoms with E-state index in [9.17, 15) is 14.4 Å². The first kappa shape index (κ1) is 19.4. The Kier molecular flexibility index (Phi) is 10.2. The topological polar surface area (TPSA) is 88.1 Å². The molecule has 0 bridgehead atoms. The SMILES string of the molecule is CCCCOC(=O)C(CC(=O)OC)C(OCC)C(=O)OC. The van der Waals surface area contributed by atoms with Crippen LogP contribution < -0.4 is 0 Å². The van der Waals surface area contributed by atoms with Gasteiger partial charge >= 0.3 is 17.9 Å². The normalized spacial score (nSPS) is 13.1. The highest BCUT2D eigenvalue weighted by Crippen LogP contribution is 2.18. The molecule has 0 aliphatic carbocycles. The Morgan fingerprint density at radius 2 is 1.67 bits per heavy atom. The van der Waals surface area contributed by atoms with Gasteiger partial charge in [-0.1, -0.05) is 13.3 Å². The third-order valence-electron chi connectivity index (χ3n) is 2.80. The number of hydrogen-bond donors (Lipinski definition) is 0. The third kappa shape index (κ3) is 7.08. The van der Waals surface area contributed by atoms with Gasteiger partial charge in [0.15, 0.2) is 6.10 Å². The monoisotopic (exact) mass is 304 g/mol. The maximum atomic E-state index is 12.1. The molecule has 2 unspecified atom stereocenters. The van der Waals surface area contributed by atoms with Crippen LogP contribution in [0.15, 0.2) is 0 Å². The standard InChI is InChI=1S/C14H24O7/c1-5-7-8-21-13(16)10(9-11(15)18-3)12(20-6-2)14(17)19-4/h10,12H,5-9H2,1-4H3. The molecule has 0 spiro atoms. The number of rotatable bonds is 10. The Morgan fingerprint density at radius 1 is 1.00 bits per heavy atom. The Bertz CT molecular complexity index is 340. The van der Waals surface area contributed by atoms with Crippen molar-refractivity contribution in [1.29, 1.82) is 0 Å². The molecule has 122 valence electrons. The third-order valence-corrected chi connectivity index (χ3v) is 2.80. The zero-order valence-corrected chi connectivity index (χ0v) is 13.0. The number of carbonyl (C=O) groups excluding carboxylic acids is 3. The lowest BCUT2D eigenvalue weighted by Crippen LogP contribution is -2.40. The van der Waals surface area contributed by atoms with Crippen LogP contribution in [0.4, 0.5) is 0 Å². The molecule has 7 nitrogen and oxygen atoms in total. The first-order valence-corrected chi connectivity index (χ1v) is 6.94. The summed E-state index contributed by atoms with van der Waals surface area (Å²) in [6.45, 7) is 4.05. The fourth-order valence-corrected chi connectivity index (χ4v) is 1.65. The molecular formula is C14H24O7. The Morgan fingerprint density at radius 3 is 2.14 bits per heavy atom. The summed E-state index contributed by atoms with van der Waals surface area (Å²) in [5.41, 5.74) is 0. The van der Waals surface area contributed by atoms with Crippen LogP contribution in [0.2, 0.25) is 0 Å². The predicted molar refractivity (Wildman–Crippen MR) is 73.4 cm³/mol. The van der Waals surface area contributed by atoms with E-state index < -0.39 is 29.9 Å². The van der Waals surface area contributed by atoms with E-state index in [1.165, 1.54) is 14.2 Å². The molecule has 7 heteroatoms. The summed E-state index contributed by atoms with van der Waals surface area (Å²) in [5.74, 6) is -3.10. The van der Waals surface area contributed by atoms with Crippen LogP contribution in [-0.4, -0.2) is 51.4 Å². The van der Waals surface area contributed by atoms with Crippen molar-refractivity contribution in [2.45, 2.75) is 39.2 Å².